The summed E-state index contributed by atoms with van der Waals surface area (Å²) < 4.78 is 6.56. The fraction of sp³-hybridized carbons (Fsp3) is 0. The van der Waals surface area contributed by atoms with Gasteiger partial charge in [-0.2, -0.15) is 0 Å². The smallest absolute Gasteiger partial charge is 0.160 e. The summed E-state index contributed by atoms with van der Waals surface area (Å²) in [7, 11) is 0. The van der Waals surface area contributed by atoms with Crippen molar-refractivity contribution in [2.75, 3.05) is 4.90 Å². The van der Waals surface area contributed by atoms with Crippen LogP contribution in [0.1, 0.15) is 0 Å². The van der Waals surface area contributed by atoms with Crippen molar-refractivity contribution in [3.63, 3.8) is 0 Å². The van der Waals surface area contributed by atoms with Crippen LogP contribution in [0.15, 0.2) is 215 Å². The molecule has 10 rings (SSSR count). The molecule has 0 aliphatic rings. The van der Waals surface area contributed by atoms with Crippen molar-refractivity contribution < 1.29 is 4.42 Å². The molecule has 0 spiro atoms. The normalized spacial score (nSPS) is 11.3. The number of hydrogen-bond acceptors (Lipinski definition) is 5. The number of nitrogens with zero attached hydrogens (tertiary/aromatic N) is 3. The summed E-state index contributed by atoms with van der Waals surface area (Å²) >= 11 is 1.68. The first-order valence-corrected chi connectivity index (χ1v) is 19.1. The fourth-order valence-electron chi connectivity index (χ4n) is 7.42. The summed E-state index contributed by atoms with van der Waals surface area (Å²) in [5, 5.41) is 4.36. The average Bonchev–Trinajstić information content (AvgIpc) is 3.64. The van der Waals surface area contributed by atoms with Crippen molar-refractivity contribution in [1.82, 2.24) is 9.97 Å². The molecule has 4 nitrogen and oxygen atoms in total. The lowest BCUT2D eigenvalue weighted by atomic mass is 9.97. The largest absolute Gasteiger partial charge is 0.456 e. The van der Waals surface area contributed by atoms with Crippen LogP contribution in [0.25, 0.3) is 66.5 Å². The first-order chi connectivity index (χ1) is 27.3. The Hall–Kier alpha value is -6.95. The Morgan fingerprint density at radius 3 is 1.84 bits per heavy atom. The Morgan fingerprint density at radius 2 is 1.09 bits per heavy atom. The maximum Gasteiger partial charge on any atom is 0.160 e. The average molecular weight is 724 g/mol. The van der Waals surface area contributed by atoms with Gasteiger partial charge in [-0.25, -0.2) is 9.97 Å². The van der Waals surface area contributed by atoms with Crippen LogP contribution in [-0.2, 0) is 0 Å². The Labute approximate surface area is 323 Å². The Balaban J connectivity index is 1.14. The van der Waals surface area contributed by atoms with Crippen molar-refractivity contribution in [2.45, 2.75) is 9.79 Å². The van der Waals surface area contributed by atoms with Gasteiger partial charge in [-0.15, -0.1) is 0 Å². The molecular formula is C50H33N3OS. The highest BCUT2D eigenvalue weighted by molar-refractivity contribution is 7.99. The van der Waals surface area contributed by atoms with Crippen LogP contribution >= 0.6 is 11.8 Å². The molecule has 0 saturated heterocycles. The standard InChI is InChI=1S/C50H33N3OS/c1-4-17-37(18-5-1)53(38-19-6-2-7-20-38)39-29-27-34(28-30-39)36-31-44(48-43-24-12-13-26-45(43)54-46(48)32-36)50-51-33-47(55-40-21-8-3-9-22-40)49(52-50)42-25-14-16-35-15-10-11-23-41(35)42/h1-33H. The predicted molar refractivity (Wildman–Crippen MR) is 228 cm³/mol. The molecule has 5 heteroatoms. The minimum atomic E-state index is 0.648. The van der Waals surface area contributed by atoms with Gasteiger partial charge in [-0.3, -0.25) is 0 Å². The first-order valence-electron chi connectivity index (χ1n) is 18.3. The van der Waals surface area contributed by atoms with E-state index in [0.717, 1.165) is 82.1 Å². The van der Waals surface area contributed by atoms with Crippen LogP contribution in [0.3, 0.4) is 0 Å². The molecule has 8 aromatic carbocycles. The molecule has 2 heterocycles. The van der Waals surface area contributed by atoms with Gasteiger partial charge in [0.2, 0.25) is 0 Å². The summed E-state index contributed by atoms with van der Waals surface area (Å²) in [5.41, 5.74) is 9.88. The number of para-hydroxylation sites is 3. The van der Waals surface area contributed by atoms with Crippen LogP contribution in [0.2, 0.25) is 0 Å². The maximum absolute atomic E-state index is 6.56. The molecule has 0 bridgehead atoms. The second-order valence-electron chi connectivity index (χ2n) is 13.4. The van der Waals surface area contributed by atoms with E-state index in [4.69, 9.17) is 14.4 Å². The zero-order chi connectivity index (χ0) is 36.6. The van der Waals surface area contributed by atoms with E-state index in [9.17, 15) is 0 Å². The molecular weight excluding hydrogens is 691 g/mol. The lowest BCUT2D eigenvalue weighted by molar-refractivity contribution is 0.669. The first kappa shape index (κ1) is 32.7. The van der Waals surface area contributed by atoms with Crippen molar-refractivity contribution in [3.8, 4) is 33.8 Å². The third kappa shape index (κ3) is 6.21. The minimum Gasteiger partial charge on any atom is -0.456 e. The molecule has 0 unspecified atom stereocenters. The zero-order valence-corrected chi connectivity index (χ0v) is 30.5. The number of fused-ring (bicyclic) bond motifs is 4. The molecule has 2 aromatic heterocycles. The van der Waals surface area contributed by atoms with Crippen LogP contribution in [0, 0.1) is 0 Å². The molecule has 0 N–H and O–H groups in total. The van der Waals surface area contributed by atoms with E-state index in [1.807, 2.05) is 36.5 Å². The van der Waals surface area contributed by atoms with Crippen LogP contribution in [0.4, 0.5) is 17.1 Å². The van der Waals surface area contributed by atoms with E-state index < -0.39 is 0 Å². The molecule has 55 heavy (non-hydrogen) atoms. The van der Waals surface area contributed by atoms with Crippen molar-refractivity contribution in [1.29, 1.82) is 0 Å². The summed E-state index contributed by atoms with van der Waals surface area (Å²) in [5.74, 6) is 0.648. The number of rotatable bonds is 8. The SMILES string of the molecule is c1ccc(Sc2cnc(-c3cc(-c4ccc(N(c5ccccc5)c5ccccc5)cc4)cc4oc5ccccc5c34)nc2-c2cccc3ccccc23)cc1. The molecule has 0 aliphatic heterocycles. The highest BCUT2D eigenvalue weighted by Gasteiger charge is 2.21. The lowest BCUT2D eigenvalue weighted by Crippen LogP contribution is -2.09. The van der Waals surface area contributed by atoms with Gasteiger partial charge >= 0.3 is 0 Å². The second kappa shape index (κ2) is 14.1. The lowest BCUT2D eigenvalue weighted by Gasteiger charge is -2.25. The summed E-state index contributed by atoms with van der Waals surface area (Å²) in [6.07, 6.45) is 1.98. The van der Waals surface area contributed by atoms with Crippen molar-refractivity contribution in [3.05, 3.63) is 200 Å². The van der Waals surface area contributed by atoms with Crippen LogP contribution < -0.4 is 4.90 Å². The predicted octanol–water partition coefficient (Wildman–Crippen LogP) is 14.2. The molecule has 0 amide bonds. The van der Waals surface area contributed by atoms with Gasteiger partial charge in [-0.05, 0) is 88.6 Å². The summed E-state index contributed by atoms with van der Waals surface area (Å²) in [6.45, 7) is 0. The van der Waals surface area contributed by atoms with Gasteiger partial charge in [-0.1, -0.05) is 139 Å². The number of benzene rings is 8. The van der Waals surface area contributed by atoms with Crippen molar-refractivity contribution >= 4 is 61.5 Å². The van der Waals surface area contributed by atoms with Gasteiger partial charge in [0.1, 0.15) is 11.2 Å². The molecule has 0 atom stereocenters. The van der Waals surface area contributed by atoms with Crippen LogP contribution in [-0.4, -0.2) is 9.97 Å². The summed E-state index contributed by atoms with van der Waals surface area (Å²) in [4.78, 5) is 15.0. The molecule has 10 aromatic rings. The minimum absolute atomic E-state index is 0.648. The van der Waals surface area contributed by atoms with E-state index in [-0.39, 0.29) is 0 Å². The van der Waals surface area contributed by atoms with Crippen molar-refractivity contribution in [2.24, 2.45) is 0 Å². The van der Waals surface area contributed by atoms with E-state index in [2.05, 4.69) is 169 Å². The zero-order valence-electron chi connectivity index (χ0n) is 29.7. The van der Waals surface area contributed by atoms with Gasteiger partial charge < -0.3 is 9.32 Å². The molecule has 0 fully saturated rings. The summed E-state index contributed by atoms with van der Waals surface area (Å²) in [6, 6.07) is 67.6. The number of aromatic nitrogens is 2. The Bertz CT molecular complexity index is 2900. The van der Waals surface area contributed by atoms with E-state index >= 15 is 0 Å². The highest BCUT2D eigenvalue weighted by Crippen LogP contribution is 2.43. The third-order valence-corrected chi connectivity index (χ3v) is 11.0. The maximum atomic E-state index is 6.56. The molecule has 260 valence electrons. The monoisotopic (exact) mass is 723 g/mol. The fourth-order valence-corrected chi connectivity index (χ4v) is 8.32. The molecule has 0 saturated carbocycles. The second-order valence-corrected chi connectivity index (χ2v) is 14.5. The van der Waals surface area contributed by atoms with Gasteiger partial charge in [0, 0.05) is 50.1 Å². The highest BCUT2D eigenvalue weighted by atomic mass is 32.2. The molecule has 0 aliphatic carbocycles. The molecule has 0 radical (unpaired) electrons. The number of furan rings is 1. The van der Waals surface area contributed by atoms with Gasteiger partial charge in [0.15, 0.2) is 5.82 Å². The van der Waals surface area contributed by atoms with E-state index in [1.165, 1.54) is 5.39 Å². The van der Waals surface area contributed by atoms with E-state index in [0.29, 0.717) is 5.82 Å². The van der Waals surface area contributed by atoms with Gasteiger partial charge in [0.05, 0.1) is 10.6 Å². The van der Waals surface area contributed by atoms with E-state index in [1.54, 1.807) is 11.8 Å². The Morgan fingerprint density at radius 1 is 0.473 bits per heavy atom. The topological polar surface area (TPSA) is 42.2 Å². The number of anilines is 3. The third-order valence-electron chi connectivity index (χ3n) is 9.98. The van der Waals surface area contributed by atoms with Crippen LogP contribution in [0.5, 0.6) is 0 Å². The Kier molecular flexibility index (Phi) is 8.39. The van der Waals surface area contributed by atoms with Gasteiger partial charge in [0.25, 0.3) is 0 Å². The number of hydrogen-bond donors (Lipinski definition) is 0. The quantitative estimate of drug-likeness (QED) is 0.156.